The maximum absolute atomic E-state index is 12.1. The van der Waals surface area contributed by atoms with E-state index in [1.165, 1.54) is 4.90 Å². The quantitative estimate of drug-likeness (QED) is 0.885. The summed E-state index contributed by atoms with van der Waals surface area (Å²) in [5, 5.41) is 11.8. The van der Waals surface area contributed by atoms with Gasteiger partial charge in [0.1, 0.15) is 0 Å². The zero-order valence-corrected chi connectivity index (χ0v) is 12.3. The number of carbonyl (C=O) groups is 2. The van der Waals surface area contributed by atoms with E-state index in [4.69, 9.17) is 5.11 Å². The van der Waals surface area contributed by atoms with Crippen LogP contribution in [0.3, 0.4) is 0 Å². The van der Waals surface area contributed by atoms with Gasteiger partial charge in [0.25, 0.3) is 5.91 Å². The van der Waals surface area contributed by atoms with Crippen molar-refractivity contribution in [2.24, 2.45) is 0 Å². The highest BCUT2D eigenvalue weighted by Gasteiger charge is 2.14. The number of amides is 2. The summed E-state index contributed by atoms with van der Waals surface area (Å²) in [4.78, 5) is 25.5. The van der Waals surface area contributed by atoms with Gasteiger partial charge < -0.3 is 15.3 Å². The van der Waals surface area contributed by atoms with Crippen molar-refractivity contribution in [2.75, 3.05) is 18.9 Å². The molecule has 22 heavy (non-hydrogen) atoms. The van der Waals surface area contributed by atoms with E-state index in [-0.39, 0.29) is 25.0 Å². The van der Waals surface area contributed by atoms with E-state index in [0.29, 0.717) is 16.8 Å². The van der Waals surface area contributed by atoms with Crippen LogP contribution in [0.2, 0.25) is 0 Å². The summed E-state index contributed by atoms with van der Waals surface area (Å²) >= 11 is 0. The van der Waals surface area contributed by atoms with Crippen LogP contribution in [0, 0.1) is 0 Å². The average Bonchev–Trinajstić information content (AvgIpc) is 2.55. The molecule has 0 aromatic heterocycles. The number of nitrogens with zero attached hydrogens (tertiary/aromatic N) is 1. The number of hydrogen-bond acceptors (Lipinski definition) is 3. The first-order chi connectivity index (χ1) is 10.6. The fourth-order valence-corrected chi connectivity index (χ4v) is 2.04. The number of nitrogens with one attached hydrogen (secondary N) is 1. The summed E-state index contributed by atoms with van der Waals surface area (Å²) in [6.45, 7) is -0.132. The van der Waals surface area contributed by atoms with Gasteiger partial charge >= 0.3 is 0 Å². The average molecular weight is 298 g/mol. The minimum atomic E-state index is -0.290. The molecular formula is C17H18N2O3. The van der Waals surface area contributed by atoms with Crippen LogP contribution in [0.15, 0.2) is 54.6 Å². The molecule has 0 bridgehead atoms. The molecule has 0 fully saturated rings. The predicted octanol–water partition coefficient (Wildman–Crippen LogP) is 1.89. The Labute approximate surface area is 129 Å². The Balaban J connectivity index is 1.95. The van der Waals surface area contributed by atoms with Crippen molar-refractivity contribution < 1.29 is 14.7 Å². The Morgan fingerprint density at radius 3 is 2.50 bits per heavy atom. The van der Waals surface area contributed by atoms with Gasteiger partial charge in [-0.25, -0.2) is 0 Å². The molecule has 114 valence electrons. The number of anilines is 1. The molecule has 0 atom stereocenters. The van der Waals surface area contributed by atoms with Crippen molar-refractivity contribution in [3.63, 3.8) is 0 Å². The highest BCUT2D eigenvalue weighted by Crippen LogP contribution is 2.11. The molecule has 2 rings (SSSR count). The largest absolute Gasteiger partial charge is 0.392 e. The van der Waals surface area contributed by atoms with Gasteiger partial charge in [-0.05, 0) is 29.8 Å². The van der Waals surface area contributed by atoms with Gasteiger partial charge in [0.2, 0.25) is 5.91 Å². The normalized spacial score (nSPS) is 10.1. The van der Waals surface area contributed by atoms with Crippen LogP contribution in [0.1, 0.15) is 15.9 Å². The van der Waals surface area contributed by atoms with Crippen LogP contribution < -0.4 is 5.32 Å². The minimum Gasteiger partial charge on any atom is -0.392 e. The zero-order valence-electron chi connectivity index (χ0n) is 12.3. The van der Waals surface area contributed by atoms with Gasteiger partial charge in [-0.3, -0.25) is 9.59 Å². The number of likely N-dealkylation sites (N-methyl/N-ethyl adjacent to an activating group) is 1. The molecular weight excluding hydrogens is 280 g/mol. The summed E-state index contributed by atoms with van der Waals surface area (Å²) < 4.78 is 0. The first kappa shape index (κ1) is 15.7. The molecule has 0 saturated heterocycles. The standard InChI is InChI=1S/C17H18N2O3/c1-19(17(22)14-7-3-2-4-8-14)11-16(21)18-15-9-5-6-13(10-15)12-20/h2-10,20H,11-12H2,1H3,(H,18,21). The smallest absolute Gasteiger partial charge is 0.254 e. The van der Waals surface area contributed by atoms with Crippen molar-refractivity contribution in [2.45, 2.75) is 6.61 Å². The predicted molar refractivity (Wildman–Crippen MR) is 84.4 cm³/mol. The third-order valence-electron chi connectivity index (χ3n) is 3.14. The Morgan fingerprint density at radius 1 is 1.09 bits per heavy atom. The van der Waals surface area contributed by atoms with E-state index in [2.05, 4.69) is 5.32 Å². The molecule has 2 aromatic rings. The fraction of sp³-hybridized carbons (Fsp3) is 0.176. The maximum atomic E-state index is 12.1. The Hall–Kier alpha value is -2.66. The van der Waals surface area contributed by atoms with Crippen LogP contribution >= 0.6 is 0 Å². The highest BCUT2D eigenvalue weighted by molar-refractivity contribution is 5.99. The van der Waals surface area contributed by atoms with Crippen LogP contribution in [0.4, 0.5) is 5.69 Å². The third-order valence-corrected chi connectivity index (χ3v) is 3.14. The lowest BCUT2D eigenvalue weighted by atomic mass is 10.2. The van der Waals surface area contributed by atoms with Gasteiger partial charge in [0.15, 0.2) is 0 Å². The van der Waals surface area contributed by atoms with Crippen LogP contribution in [-0.2, 0) is 11.4 Å². The fourth-order valence-electron chi connectivity index (χ4n) is 2.04. The minimum absolute atomic E-state index is 0.0446. The number of aliphatic hydroxyl groups excluding tert-OH is 1. The van der Waals surface area contributed by atoms with Gasteiger partial charge in [-0.1, -0.05) is 30.3 Å². The zero-order chi connectivity index (χ0) is 15.9. The lowest BCUT2D eigenvalue weighted by Gasteiger charge is -2.17. The van der Waals surface area contributed by atoms with E-state index >= 15 is 0 Å². The molecule has 0 aliphatic rings. The van der Waals surface area contributed by atoms with E-state index in [9.17, 15) is 9.59 Å². The third kappa shape index (κ3) is 4.17. The van der Waals surface area contributed by atoms with Crippen molar-refractivity contribution in [1.82, 2.24) is 4.90 Å². The SMILES string of the molecule is CN(CC(=O)Nc1cccc(CO)c1)C(=O)c1ccccc1. The number of aliphatic hydroxyl groups is 1. The summed E-state index contributed by atoms with van der Waals surface area (Å²) in [7, 11) is 1.58. The topological polar surface area (TPSA) is 69.6 Å². The summed E-state index contributed by atoms with van der Waals surface area (Å²) in [5.41, 5.74) is 1.85. The first-order valence-electron chi connectivity index (χ1n) is 6.90. The second kappa shape index (κ2) is 7.38. The lowest BCUT2D eigenvalue weighted by Crippen LogP contribution is -2.34. The Bertz CT molecular complexity index is 656. The Kier molecular flexibility index (Phi) is 5.27. The number of carbonyl (C=O) groups excluding carboxylic acids is 2. The van der Waals surface area contributed by atoms with E-state index in [1.807, 2.05) is 6.07 Å². The van der Waals surface area contributed by atoms with Crippen molar-refractivity contribution in [3.8, 4) is 0 Å². The second-order valence-electron chi connectivity index (χ2n) is 4.93. The molecule has 2 N–H and O–H groups in total. The number of hydrogen-bond donors (Lipinski definition) is 2. The molecule has 0 spiro atoms. The molecule has 0 saturated carbocycles. The molecule has 0 unspecified atom stereocenters. The molecule has 0 aliphatic heterocycles. The highest BCUT2D eigenvalue weighted by atomic mass is 16.3. The number of rotatable bonds is 5. The lowest BCUT2D eigenvalue weighted by molar-refractivity contribution is -0.116. The summed E-state index contributed by atoms with van der Waals surface area (Å²) in [6, 6.07) is 15.7. The molecule has 5 heteroatoms. The van der Waals surface area contributed by atoms with Crippen LogP contribution in [-0.4, -0.2) is 35.4 Å². The van der Waals surface area contributed by atoms with E-state index in [1.54, 1.807) is 55.6 Å². The molecule has 2 amide bonds. The molecule has 0 aliphatic carbocycles. The van der Waals surface area contributed by atoms with E-state index < -0.39 is 0 Å². The van der Waals surface area contributed by atoms with Crippen LogP contribution in [0.25, 0.3) is 0 Å². The van der Waals surface area contributed by atoms with Gasteiger partial charge in [0.05, 0.1) is 13.2 Å². The second-order valence-corrected chi connectivity index (χ2v) is 4.93. The maximum Gasteiger partial charge on any atom is 0.254 e. The van der Waals surface area contributed by atoms with Crippen molar-refractivity contribution in [3.05, 3.63) is 65.7 Å². The van der Waals surface area contributed by atoms with Gasteiger partial charge in [0, 0.05) is 18.3 Å². The van der Waals surface area contributed by atoms with E-state index in [0.717, 1.165) is 0 Å². The summed E-state index contributed by atoms with van der Waals surface area (Å²) in [6.07, 6.45) is 0. The van der Waals surface area contributed by atoms with Crippen molar-refractivity contribution in [1.29, 1.82) is 0 Å². The molecule has 5 nitrogen and oxygen atoms in total. The van der Waals surface area contributed by atoms with Gasteiger partial charge in [-0.2, -0.15) is 0 Å². The van der Waals surface area contributed by atoms with Crippen molar-refractivity contribution >= 4 is 17.5 Å². The number of benzene rings is 2. The van der Waals surface area contributed by atoms with Crippen LogP contribution in [0.5, 0.6) is 0 Å². The van der Waals surface area contributed by atoms with Gasteiger partial charge in [-0.15, -0.1) is 0 Å². The first-order valence-corrected chi connectivity index (χ1v) is 6.90. The molecule has 0 radical (unpaired) electrons. The summed E-state index contributed by atoms with van der Waals surface area (Å²) in [5.74, 6) is -0.498. The Morgan fingerprint density at radius 2 is 1.82 bits per heavy atom. The molecule has 2 aromatic carbocycles. The monoisotopic (exact) mass is 298 g/mol. The molecule has 0 heterocycles.